The molecule has 8 rings (SSSR count). The lowest BCUT2D eigenvalue weighted by Crippen LogP contribution is -2.53. The second kappa shape index (κ2) is 14.1. The van der Waals surface area contributed by atoms with E-state index in [1.165, 1.54) is 13.1 Å². The van der Waals surface area contributed by atoms with Crippen LogP contribution < -0.4 is 14.6 Å². The molecule has 1 N–H and O–H groups in total. The average Bonchev–Trinajstić information content (AvgIpc) is 3.57. The second-order valence-electron chi connectivity index (χ2n) is 14.2. The number of aliphatic hydroxyl groups is 1. The van der Waals surface area contributed by atoms with Crippen molar-refractivity contribution >= 4 is 58.3 Å². The van der Waals surface area contributed by atoms with Gasteiger partial charge in [-0.2, -0.15) is 18.2 Å². The maximum absolute atomic E-state index is 15.5. The molecule has 0 spiro atoms. The molecule has 2 saturated heterocycles. The van der Waals surface area contributed by atoms with Crippen LogP contribution in [-0.4, -0.2) is 59.0 Å². The fraction of sp³-hybridized carbons (Fsp3) is 0.293. The quantitative estimate of drug-likeness (QED) is 0.150. The summed E-state index contributed by atoms with van der Waals surface area (Å²) >= 11 is 12.7. The van der Waals surface area contributed by atoms with E-state index in [9.17, 15) is 32.7 Å². The number of amides is 4. The van der Waals surface area contributed by atoms with E-state index in [1.54, 1.807) is 72.8 Å². The number of imide groups is 2. The first-order valence-corrected chi connectivity index (χ1v) is 18.6. The molecule has 56 heavy (non-hydrogen) atoms. The Bertz CT molecular complexity index is 2310. The van der Waals surface area contributed by atoms with Gasteiger partial charge in [0.05, 0.1) is 40.5 Å². The Balaban J connectivity index is 1.31. The Morgan fingerprint density at radius 3 is 2.36 bits per heavy atom. The molecule has 4 aromatic rings. The van der Waals surface area contributed by atoms with Gasteiger partial charge in [-0.3, -0.25) is 24.2 Å². The summed E-state index contributed by atoms with van der Waals surface area (Å²) in [7, 11) is 1.25. The number of fused-ring (bicyclic) bond motifs is 4. The molecule has 3 heterocycles. The Labute approximate surface area is 329 Å². The van der Waals surface area contributed by atoms with Crippen molar-refractivity contribution in [2.75, 3.05) is 30.2 Å². The van der Waals surface area contributed by atoms with Crippen molar-refractivity contribution in [3.8, 4) is 5.75 Å². The molecule has 4 amide bonds. The van der Waals surface area contributed by atoms with Crippen molar-refractivity contribution in [2.24, 2.45) is 23.7 Å². The number of pyridine rings is 1. The van der Waals surface area contributed by atoms with E-state index in [1.807, 2.05) is 6.08 Å². The number of allylic oxidation sites excluding steroid dienone is 2. The molecule has 3 aromatic carbocycles. The lowest BCUT2D eigenvalue weighted by atomic mass is 9.49. The van der Waals surface area contributed by atoms with E-state index in [2.05, 4.69) is 4.98 Å². The van der Waals surface area contributed by atoms with Gasteiger partial charge in [0.1, 0.15) is 18.1 Å². The summed E-state index contributed by atoms with van der Waals surface area (Å²) in [6, 6.07) is 24.1. The van der Waals surface area contributed by atoms with E-state index < -0.39 is 76.3 Å². The number of carbonyl (C=O) groups is 4. The molecule has 0 unspecified atom stereocenters. The lowest BCUT2D eigenvalue weighted by molar-refractivity contribution is -0.141. The highest BCUT2D eigenvalue weighted by Crippen LogP contribution is 2.65. The highest BCUT2D eigenvalue weighted by Gasteiger charge is 2.70. The minimum Gasteiger partial charge on any atom is -0.491 e. The van der Waals surface area contributed by atoms with E-state index in [-0.39, 0.29) is 36.8 Å². The number of para-hydroxylation sites is 1. The highest BCUT2D eigenvalue weighted by molar-refractivity contribution is 6.33. The van der Waals surface area contributed by atoms with Crippen LogP contribution in [0.4, 0.5) is 24.7 Å². The van der Waals surface area contributed by atoms with E-state index in [0.717, 1.165) is 21.0 Å². The normalized spacial score (nSPS) is 25.8. The standard InChI is InChI=1S/C41H33Cl2F3N4O6/c1-48(35-30(43)16-17-32(47-35)41(44,45)46)50-36(52)27-15-14-25-28(33(27)38(50)54)21-29-37(53)49(24-11-7-10-23(42)20-24)39(55)40(29,22-8-3-2-4-9-22)34(25)26-12-5-6-13-31(26)56-19-18-51/h2-14,16-17,20,27-29,33-34,51H,15,18-19,21H2,1H3/t27-,28+,29-,33-,34+,40+/m0/s1. The number of hydrazine groups is 1. The minimum atomic E-state index is -4.82. The summed E-state index contributed by atoms with van der Waals surface area (Å²) in [5, 5.41) is 11.6. The molecule has 6 atom stereocenters. The van der Waals surface area contributed by atoms with Gasteiger partial charge in [-0.15, -0.1) is 0 Å². The van der Waals surface area contributed by atoms with Gasteiger partial charge in [0.2, 0.25) is 11.8 Å². The fourth-order valence-electron chi connectivity index (χ4n) is 9.28. The Kier molecular flexibility index (Phi) is 9.45. The molecule has 0 bridgehead atoms. The zero-order valence-corrected chi connectivity index (χ0v) is 31.1. The molecule has 1 aromatic heterocycles. The van der Waals surface area contributed by atoms with Gasteiger partial charge in [-0.25, -0.2) is 9.88 Å². The third-order valence-electron chi connectivity index (χ3n) is 11.4. The number of alkyl halides is 3. The lowest BCUT2D eigenvalue weighted by Gasteiger charge is -2.51. The molecular weight excluding hydrogens is 772 g/mol. The third kappa shape index (κ3) is 5.69. The number of nitrogens with zero attached hydrogens (tertiary/aromatic N) is 4. The highest BCUT2D eigenvalue weighted by atomic mass is 35.5. The number of ether oxygens (including phenoxy) is 1. The number of hydrogen-bond acceptors (Lipinski definition) is 8. The van der Waals surface area contributed by atoms with E-state index >= 15 is 4.79 Å². The van der Waals surface area contributed by atoms with Crippen LogP contribution in [0.15, 0.2) is 103 Å². The summed E-state index contributed by atoms with van der Waals surface area (Å²) in [4.78, 5) is 64.2. The summed E-state index contributed by atoms with van der Waals surface area (Å²) in [6.07, 6.45) is -2.93. The number of halogens is 5. The first-order valence-electron chi connectivity index (χ1n) is 17.9. The topological polar surface area (TPSA) is 120 Å². The molecule has 1 saturated carbocycles. The summed E-state index contributed by atoms with van der Waals surface area (Å²) in [5.74, 6) is -7.24. The number of carbonyl (C=O) groups excluding carboxylic acids is 4. The SMILES string of the molecule is CN(c1nc(C(F)(F)F)ccc1Cl)N1C(=O)[C@H]2[C@H](CC=C3[C@H]2C[C@H]2C(=O)N(c4cccc(Cl)c4)C(=O)[C@@]2(c2ccccc2)[C@H]3c2ccccc2OCCO)C1=O. The number of hydrogen-bond donors (Lipinski definition) is 1. The number of benzene rings is 3. The molecule has 288 valence electrons. The first kappa shape index (κ1) is 37.7. The van der Waals surface area contributed by atoms with Gasteiger partial charge in [0.25, 0.3) is 11.8 Å². The molecule has 4 aliphatic rings. The minimum absolute atomic E-state index is 0.0150. The van der Waals surface area contributed by atoms with Crippen LogP contribution in [-0.2, 0) is 30.8 Å². The van der Waals surface area contributed by atoms with Crippen LogP contribution in [0.3, 0.4) is 0 Å². The van der Waals surface area contributed by atoms with Crippen LogP contribution in [0.5, 0.6) is 5.75 Å². The van der Waals surface area contributed by atoms with Crippen molar-refractivity contribution < 1.29 is 42.2 Å². The molecule has 0 radical (unpaired) electrons. The van der Waals surface area contributed by atoms with E-state index in [0.29, 0.717) is 33.5 Å². The van der Waals surface area contributed by atoms with Gasteiger partial charge >= 0.3 is 6.18 Å². The Hall–Kier alpha value is -5.24. The summed E-state index contributed by atoms with van der Waals surface area (Å²) < 4.78 is 47.2. The van der Waals surface area contributed by atoms with Crippen LogP contribution in [0.25, 0.3) is 0 Å². The molecule has 3 fully saturated rings. The van der Waals surface area contributed by atoms with Gasteiger partial charge < -0.3 is 9.84 Å². The van der Waals surface area contributed by atoms with Gasteiger partial charge in [0, 0.05) is 23.6 Å². The largest absolute Gasteiger partial charge is 0.491 e. The molecule has 10 nitrogen and oxygen atoms in total. The Morgan fingerprint density at radius 2 is 1.64 bits per heavy atom. The number of aliphatic hydroxyl groups excluding tert-OH is 1. The monoisotopic (exact) mass is 804 g/mol. The molecular formula is C41H33Cl2F3N4O6. The first-order chi connectivity index (χ1) is 26.8. The maximum Gasteiger partial charge on any atom is 0.433 e. The number of aromatic nitrogens is 1. The molecule has 2 aliphatic heterocycles. The van der Waals surface area contributed by atoms with Crippen LogP contribution in [0.1, 0.15) is 35.6 Å². The number of anilines is 2. The van der Waals surface area contributed by atoms with Crippen molar-refractivity contribution in [3.05, 3.63) is 130 Å². The van der Waals surface area contributed by atoms with Crippen molar-refractivity contribution in [1.82, 2.24) is 9.99 Å². The fourth-order valence-corrected chi connectivity index (χ4v) is 9.70. The zero-order valence-electron chi connectivity index (χ0n) is 29.6. The molecule has 15 heteroatoms. The van der Waals surface area contributed by atoms with Crippen molar-refractivity contribution in [1.29, 1.82) is 0 Å². The zero-order chi connectivity index (χ0) is 39.7. The van der Waals surface area contributed by atoms with Gasteiger partial charge in [-0.1, -0.05) is 89.4 Å². The average molecular weight is 806 g/mol. The smallest absolute Gasteiger partial charge is 0.433 e. The second-order valence-corrected chi connectivity index (χ2v) is 15.1. The maximum atomic E-state index is 15.5. The van der Waals surface area contributed by atoms with Crippen LogP contribution in [0, 0.1) is 23.7 Å². The third-order valence-corrected chi connectivity index (χ3v) is 12.0. The van der Waals surface area contributed by atoms with Crippen LogP contribution >= 0.6 is 23.2 Å². The van der Waals surface area contributed by atoms with Gasteiger partial charge in [0.15, 0.2) is 5.82 Å². The van der Waals surface area contributed by atoms with Gasteiger partial charge in [-0.05, 0) is 60.7 Å². The Morgan fingerprint density at radius 1 is 0.911 bits per heavy atom. The summed E-state index contributed by atoms with van der Waals surface area (Å²) in [5.41, 5.74) is -0.845. The van der Waals surface area contributed by atoms with Crippen LogP contribution in [0.2, 0.25) is 10.0 Å². The number of rotatable bonds is 8. The van der Waals surface area contributed by atoms with Crippen molar-refractivity contribution in [2.45, 2.75) is 30.4 Å². The predicted octanol–water partition coefficient (Wildman–Crippen LogP) is 6.99. The van der Waals surface area contributed by atoms with E-state index in [4.69, 9.17) is 27.9 Å². The molecule has 2 aliphatic carbocycles. The summed E-state index contributed by atoms with van der Waals surface area (Å²) in [6.45, 7) is -0.369. The predicted molar refractivity (Wildman–Crippen MR) is 200 cm³/mol. The van der Waals surface area contributed by atoms with Crippen molar-refractivity contribution in [3.63, 3.8) is 0 Å².